The van der Waals surface area contributed by atoms with Crippen LogP contribution in [0.15, 0.2) is 42.5 Å². The van der Waals surface area contributed by atoms with E-state index in [9.17, 15) is 4.79 Å². The highest BCUT2D eigenvalue weighted by Crippen LogP contribution is 2.24. The fourth-order valence-corrected chi connectivity index (χ4v) is 1.44. The van der Waals surface area contributed by atoms with Crippen molar-refractivity contribution >= 4 is 16.9 Å². The molecule has 0 aliphatic rings. The second-order valence-corrected chi connectivity index (χ2v) is 3.12. The Balaban J connectivity index is 0.00000128. The van der Waals surface area contributed by atoms with Crippen LogP contribution >= 0.6 is 0 Å². The molecule has 0 heterocycles. The topological polar surface area (TPSA) is 73.3 Å². The molecule has 0 atom stereocenters. The van der Waals surface area contributed by atoms with Gasteiger partial charge >= 0.3 is 6.09 Å². The molecule has 0 unspecified atom stereocenters. The van der Waals surface area contributed by atoms with Gasteiger partial charge in [-0.3, -0.25) is 0 Å². The molecule has 2 rings (SSSR count). The van der Waals surface area contributed by atoms with Gasteiger partial charge in [0.2, 0.25) is 0 Å². The van der Waals surface area contributed by atoms with Crippen LogP contribution in [0.3, 0.4) is 0 Å². The zero-order valence-corrected chi connectivity index (χ0v) is 9.07. The molecule has 0 spiro atoms. The van der Waals surface area contributed by atoms with Gasteiger partial charge in [0.05, 0.1) is 0 Å². The normalized spacial score (nSPS) is 9.31. The second kappa shape index (κ2) is 5.14. The number of ether oxygens (including phenoxy) is 1. The number of carbonyl (C=O) groups is 1. The van der Waals surface area contributed by atoms with Crippen molar-refractivity contribution in [3.63, 3.8) is 0 Å². The average Bonchev–Trinajstić information content (AvgIpc) is 2.29. The maximum Gasteiger partial charge on any atom is 0.412 e. The minimum absolute atomic E-state index is 0. The Morgan fingerprint density at radius 1 is 1.12 bits per heavy atom. The minimum atomic E-state index is -0.452. The van der Waals surface area contributed by atoms with Crippen LogP contribution in [0.4, 0.5) is 4.79 Å². The van der Waals surface area contributed by atoms with E-state index in [0.29, 0.717) is 5.75 Å². The summed E-state index contributed by atoms with van der Waals surface area (Å²) in [6.07, 6.45) is -0.452. The molecule has 0 aliphatic heterocycles. The second-order valence-electron chi connectivity index (χ2n) is 3.12. The predicted molar refractivity (Wildman–Crippen MR) is 64.1 cm³/mol. The van der Waals surface area contributed by atoms with E-state index >= 15 is 0 Å². The van der Waals surface area contributed by atoms with Gasteiger partial charge < -0.3 is 16.2 Å². The molecule has 0 bridgehead atoms. The number of carbonyl (C=O) groups excluding carboxylic acids is 1. The van der Waals surface area contributed by atoms with Crippen LogP contribution in [0.5, 0.6) is 5.75 Å². The van der Waals surface area contributed by atoms with E-state index in [4.69, 9.17) is 4.74 Å². The Kier molecular flexibility index (Phi) is 3.85. The van der Waals surface area contributed by atoms with Crippen molar-refractivity contribution < 1.29 is 9.53 Å². The van der Waals surface area contributed by atoms with Gasteiger partial charge in [0.25, 0.3) is 0 Å². The molecule has 2 aromatic rings. The highest BCUT2D eigenvalue weighted by atomic mass is 16.6. The monoisotopic (exact) mass is 218 g/mol. The van der Waals surface area contributed by atoms with Crippen LogP contribution in [0.1, 0.15) is 0 Å². The number of amides is 1. The number of rotatable bonds is 1. The lowest BCUT2D eigenvalue weighted by Gasteiger charge is -2.06. The van der Waals surface area contributed by atoms with E-state index < -0.39 is 6.09 Å². The van der Waals surface area contributed by atoms with E-state index in [2.05, 4.69) is 5.32 Å². The van der Waals surface area contributed by atoms with Crippen molar-refractivity contribution in [1.29, 1.82) is 0 Å². The van der Waals surface area contributed by atoms with Crippen LogP contribution in [0, 0.1) is 0 Å². The van der Waals surface area contributed by atoms with Crippen molar-refractivity contribution in [1.82, 2.24) is 11.5 Å². The number of benzene rings is 2. The number of hydrogen-bond acceptors (Lipinski definition) is 3. The Labute approximate surface area is 93.8 Å². The molecule has 0 fully saturated rings. The molecule has 84 valence electrons. The predicted octanol–water partition coefficient (Wildman–Crippen LogP) is 2.72. The average molecular weight is 218 g/mol. The van der Waals surface area contributed by atoms with Gasteiger partial charge in [0, 0.05) is 12.4 Å². The van der Waals surface area contributed by atoms with Crippen molar-refractivity contribution in [2.45, 2.75) is 0 Å². The van der Waals surface area contributed by atoms with Crippen LogP contribution in [-0.2, 0) is 0 Å². The first-order valence-corrected chi connectivity index (χ1v) is 4.68. The highest BCUT2D eigenvalue weighted by Gasteiger charge is 2.04. The number of nitrogens with one attached hydrogen (secondary N) is 1. The van der Waals surface area contributed by atoms with Crippen molar-refractivity contribution in [3.05, 3.63) is 42.5 Å². The molecule has 0 aliphatic carbocycles. The maximum atomic E-state index is 11.1. The largest absolute Gasteiger partial charge is 0.412 e. The zero-order valence-electron chi connectivity index (χ0n) is 9.07. The lowest BCUT2D eigenvalue weighted by molar-refractivity contribution is 0.203. The lowest BCUT2D eigenvalue weighted by Crippen LogP contribution is -2.22. The number of fused-ring (bicyclic) bond motifs is 1. The van der Waals surface area contributed by atoms with Crippen LogP contribution < -0.4 is 16.2 Å². The molecule has 1 amide bonds. The summed E-state index contributed by atoms with van der Waals surface area (Å²) in [5, 5.41) is 4.41. The maximum absolute atomic E-state index is 11.1. The van der Waals surface area contributed by atoms with E-state index in [-0.39, 0.29) is 6.15 Å². The molecule has 16 heavy (non-hydrogen) atoms. The summed E-state index contributed by atoms with van der Waals surface area (Å²) < 4.78 is 5.13. The standard InChI is InChI=1S/C12H11NO2.H3N/c1-13-12(14)15-11-8-4-6-9-5-2-3-7-10(9)11;/h2-8H,1H3,(H,13,14);1H3. The molecule has 2 aromatic carbocycles. The summed E-state index contributed by atoms with van der Waals surface area (Å²) in [6.45, 7) is 0. The molecule has 4 N–H and O–H groups in total. The first kappa shape index (κ1) is 12.0. The molecule has 0 radical (unpaired) electrons. The molecule has 4 nitrogen and oxygen atoms in total. The fraction of sp³-hybridized carbons (Fsp3) is 0.0833. The molecule has 0 saturated heterocycles. The molecular formula is C12H14N2O2. The summed E-state index contributed by atoms with van der Waals surface area (Å²) in [6, 6.07) is 13.4. The van der Waals surface area contributed by atoms with E-state index in [0.717, 1.165) is 10.8 Å². The van der Waals surface area contributed by atoms with Crippen molar-refractivity contribution in [2.75, 3.05) is 7.05 Å². The summed E-state index contributed by atoms with van der Waals surface area (Å²) in [5.74, 6) is 0.576. The van der Waals surface area contributed by atoms with Gasteiger partial charge in [-0.15, -0.1) is 0 Å². The molecular weight excluding hydrogens is 204 g/mol. The lowest BCUT2D eigenvalue weighted by atomic mass is 10.1. The third-order valence-electron chi connectivity index (χ3n) is 2.16. The van der Waals surface area contributed by atoms with Crippen molar-refractivity contribution in [3.8, 4) is 5.75 Å². The SMILES string of the molecule is CNC(=O)Oc1cccc2ccccc12.N. The Morgan fingerprint density at radius 2 is 1.81 bits per heavy atom. The summed E-state index contributed by atoms with van der Waals surface area (Å²) in [4.78, 5) is 11.1. The minimum Gasteiger partial charge on any atom is -0.410 e. The van der Waals surface area contributed by atoms with E-state index in [1.165, 1.54) is 7.05 Å². The third-order valence-corrected chi connectivity index (χ3v) is 2.16. The molecule has 0 saturated carbocycles. The van der Waals surface area contributed by atoms with Crippen molar-refractivity contribution in [2.24, 2.45) is 0 Å². The molecule has 0 aromatic heterocycles. The van der Waals surface area contributed by atoms with Gasteiger partial charge in [-0.05, 0) is 11.5 Å². The van der Waals surface area contributed by atoms with E-state index in [1.807, 2.05) is 36.4 Å². The fourth-order valence-electron chi connectivity index (χ4n) is 1.44. The van der Waals surface area contributed by atoms with E-state index in [1.54, 1.807) is 6.07 Å². The van der Waals surface area contributed by atoms with Crippen LogP contribution in [0.2, 0.25) is 0 Å². The summed E-state index contributed by atoms with van der Waals surface area (Å²) in [7, 11) is 1.54. The third kappa shape index (κ3) is 2.29. The van der Waals surface area contributed by atoms with Gasteiger partial charge in [-0.2, -0.15) is 0 Å². The molecule has 4 heteroatoms. The Bertz CT molecular complexity index is 492. The van der Waals surface area contributed by atoms with Gasteiger partial charge in [-0.25, -0.2) is 4.79 Å². The van der Waals surface area contributed by atoms with Gasteiger partial charge in [0.1, 0.15) is 5.75 Å². The summed E-state index contributed by atoms with van der Waals surface area (Å²) >= 11 is 0. The zero-order chi connectivity index (χ0) is 10.7. The first-order chi connectivity index (χ1) is 7.31. The Morgan fingerprint density at radius 3 is 2.56 bits per heavy atom. The smallest absolute Gasteiger partial charge is 0.410 e. The number of hydrogen-bond donors (Lipinski definition) is 2. The van der Waals surface area contributed by atoms with Crippen LogP contribution in [0.25, 0.3) is 10.8 Å². The van der Waals surface area contributed by atoms with Gasteiger partial charge in [-0.1, -0.05) is 36.4 Å². The first-order valence-electron chi connectivity index (χ1n) is 4.68. The summed E-state index contributed by atoms with van der Waals surface area (Å²) in [5.41, 5.74) is 0. The van der Waals surface area contributed by atoms with Gasteiger partial charge in [0.15, 0.2) is 0 Å². The quantitative estimate of drug-likeness (QED) is 0.772. The van der Waals surface area contributed by atoms with Crippen LogP contribution in [-0.4, -0.2) is 13.1 Å². The highest BCUT2D eigenvalue weighted by molar-refractivity contribution is 5.90. The Hall–Kier alpha value is -2.07.